The molecule has 2 aromatic heterocycles. The molecule has 6 nitrogen and oxygen atoms in total. The summed E-state index contributed by atoms with van der Waals surface area (Å²) in [6, 6.07) is 1.91. The van der Waals surface area contributed by atoms with E-state index in [0.717, 1.165) is 5.56 Å². The van der Waals surface area contributed by atoms with Gasteiger partial charge in [0, 0.05) is 20.2 Å². The van der Waals surface area contributed by atoms with E-state index in [1.807, 2.05) is 16.8 Å². The predicted molar refractivity (Wildman–Crippen MR) is 79.8 cm³/mol. The van der Waals surface area contributed by atoms with Crippen LogP contribution in [0.3, 0.4) is 0 Å². The molecule has 2 rings (SSSR count). The monoisotopic (exact) mass is 330 g/mol. The quantitative estimate of drug-likeness (QED) is 0.778. The van der Waals surface area contributed by atoms with Crippen molar-refractivity contribution in [3.8, 4) is 0 Å². The number of aromatic nitrogens is 1. The number of aryl methyl sites for hydroxylation is 2. The van der Waals surface area contributed by atoms with Crippen LogP contribution in [0.4, 0.5) is 0 Å². The zero-order valence-electron chi connectivity index (χ0n) is 12.2. The molecule has 2 aromatic rings. The average Bonchev–Trinajstić information content (AvgIpc) is 3.04. The molecule has 2 heterocycles. The lowest BCUT2D eigenvalue weighted by Gasteiger charge is -2.21. The summed E-state index contributed by atoms with van der Waals surface area (Å²) in [6.07, 6.45) is 0. The van der Waals surface area contributed by atoms with Gasteiger partial charge in [0.15, 0.2) is 5.76 Å². The van der Waals surface area contributed by atoms with Crippen molar-refractivity contribution >= 4 is 21.4 Å². The van der Waals surface area contributed by atoms with Crippen LogP contribution >= 0.6 is 11.3 Å². The third kappa shape index (κ3) is 3.52. The molecule has 21 heavy (non-hydrogen) atoms. The Kier molecular flexibility index (Phi) is 5.15. The van der Waals surface area contributed by atoms with Gasteiger partial charge in [-0.2, -0.15) is 15.6 Å². The minimum absolute atomic E-state index is 0.147. The first-order valence-electron chi connectivity index (χ1n) is 6.40. The summed E-state index contributed by atoms with van der Waals surface area (Å²) in [5.74, 6) is 0.306. The molecule has 0 bridgehead atoms. The summed E-state index contributed by atoms with van der Waals surface area (Å²) < 4.78 is 37.1. The smallest absolute Gasteiger partial charge is 0.248 e. The zero-order valence-corrected chi connectivity index (χ0v) is 13.8. The molecule has 0 N–H and O–H groups in total. The van der Waals surface area contributed by atoms with Gasteiger partial charge in [-0.15, -0.1) is 0 Å². The Balaban J connectivity index is 2.34. The fraction of sp³-hybridized carbons (Fsp3) is 0.462. The summed E-state index contributed by atoms with van der Waals surface area (Å²) in [4.78, 5) is 0.147. The summed E-state index contributed by atoms with van der Waals surface area (Å²) >= 11 is 1.54. The van der Waals surface area contributed by atoms with E-state index in [4.69, 9.17) is 9.26 Å². The maximum absolute atomic E-state index is 12.8. The van der Waals surface area contributed by atoms with Crippen molar-refractivity contribution in [1.29, 1.82) is 0 Å². The molecule has 0 saturated heterocycles. The van der Waals surface area contributed by atoms with Crippen LogP contribution in [0.1, 0.15) is 17.0 Å². The van der Waals surface area contributed by atoms with E-state index in [-0.39, 0.29) is 11.4 Å². The molecule has 0 fully saturated rings. The highest BCUT2D eigenvalue weighted by molar-refractivity contribution is 7.89. The van der Waals surface area contributed by atoms with Crippen LogP contribution in [0.2, 0.25) is 0 Å². The van der Waals surface area contributed by atoms with E-state index in [2.05, 4.69) is 5.16 Å². The van der Waals surface area contributed by atoms with Gasteiger partial charge in [0.1, 0.15) is 10.6 Å². The molecule has 0 amide bonds. The summed E-state index contributed by atoms with van der Waals surface area (Å²) in [6.45, 7) is 4.14. The van der Waals surface area contributed by atoms with Crippen LogP contribution in [0.15, 0.2) is 26.2 Å². The Morgan fingerprint density at radius 3 is 2.71 bits per heavy atom. The Hall–Kier alpha value is -1.22. The second-order valence-corrected chi connectivity index (χ2v) is 7.27. The van der Waals surface area contributed by atoms with Gasteiger partial charge in [-0.1, -0.05) is 5.16 Å². The van der Waals surface area contributed by atoms with Gasteiger partial charge in [-0.25, -0.2) is 8.42 Å². The fourth-order valence-electron chi connectivity index (χ4n) is 2.04. The number of methoxy groups -OCH3 is 1. The number of nitrogens with zero attached hydrogens (tertiary/aromatic N) is 2. The van der Waals surface area contributed by atoms with Gasteiger partial charge in [-0.3, -0.25) is 0 Å². The van der Waals surface area contributed by atoms with E-state index < -0.39 is 10.0 Å². The molecular weight excluding hydrogens is 312 g/mol. The standard InChI is InChI=1S/C13H18N2O4S2/c1-10-13(11(2)19-14-10)21(16,17)15(5-6-18-3)8-12-4-7-20-9-12/h4,7,9H,5-6,8H2,1-3H3. The highest BCUT2D eigenvalue weighted by Crippen LogP contribution is 2.25. The van der Waals surface area contributed by atoms with Crippen LogP contribution in [0.5, 0.6) is 0 Å². The summed E-state index contributed by atoms with van der Waals surface area (Å²) in [5, 5.41) is 7.59. The normalized spacial score (nSPS) is 12.2. The molecule has 0 unspecified atom stereocenters. The van der Waals surface area contributed by atoms with Gasteiger partial charge >= 0.3 is 0 Å². The lowest BCUT2D eigenvalue weighted by Crippen LogP contribution is -2.34. The third-order valence-electron chi connectivity index (χ3n) is 3.05. The van der Waals surface area contributed by atoms with Gasteiger partial charge in [-0.05, 0) is 36.2 Å². The van der Waals surface area contributed by atoms with E-state index in [0.29, 0.717) is 24.6 Å². The number of rotatable bonds is 7. The highest BCUT2D eigenvalue weighted by atomic mass is 32.2. The zero-order chi connectivity index (χ0) is 15.5. The van der Waals surface area contributed by atoms with Crippen LogP contribution in [0.25, 0.3) is 0 Å². The first-order chi connectivity index (χ1) is 9.96. The number of thiophene rings is 1. The topological polar surface area (TPSA) is 72.6 Å². The van der Waals surface area contributed by atoms with E-state index >= 15 is 0 Å². The Bertz CT molecular complexity index is 658. The van der Waals surface area contributed by atoms with Crippen LogP contribution in [0, 0.1) is 13.8 Å². The van der Waals surface area contributed by atoms with Crippen molar-refractivity contribution in [3.05, 3.63) is 33.8 Å². The first-order valence-corrected chi connectivity index (χ1v) is 8.78. The van der Waals surface area contributed by atoms with Gasteiger partial charge in [0.2, 0.25) is 10.0 Å². The van der Waals surface area contributed by atoms with Gasteiger partial charge < -0.3 is 9.26 Å². The van der Waals surface area contributed by atoms with E-state index in [1.54, 1.807) is 21.0 Å². The Morgan fingerprint density at radius 2 is 2.19 bits per heavy atom. The van der Waals surface area contributed by atoms with Crippen LogP contribution < -0.4 is 0 Å². The largest absolute Gasteiger partial charge is 0.383 e. The minimum atomic E-state index is -3.67. The van der Waals surface area contributed by atoms with Crippen molar-refractivity contribution in [2.45, 2.75) is 25.3 Å². The van der Waals surface area contributed by atoms with Crippen molar-refractivity contribution in [1.82, 2.24) is 9.46 Å². The number of ether oxygens (including phenoxy) is 1. The van der Waals surface area contributed by atoms with Crippen molar-refractivity contribution in [3.63, 3.8) is 0 Å². The lowest BCUT2D eigenvalue weighted by atomic mass is 10.3. The van der Waals surface area contributed by atoms with Gasteiger partial charge in [0.25, 0.3) is 0 Å². The van der Waals surface area contributed by atoms with Gasteiger partial charge in [0.05, 0.1) is 6.61 Å². The summed E-state index contributed by atoms with van der Waals surface area (Å²) in [5.41, 5.74) is 1.33. The Morgan fingerprint density at radius 1 is 1.43 bits per heavy atom. The molecule has 0 aliphatic carbocycles. The fourth-order valence-corrected chi connectivity index (χ4v) is 4.40. The number of hydrogen-bond acceptors (Lipinski definition) is 6. The van der Waals surface area contributed by atoms with E-state index in [1.165, 1.54) is 15.6 Å². The average molecular weight is 330 g/mol. The molecule has 116 valence electrons. The molecule has 8 heteroatoms. The number of hydrogen-bond donors (Lipinski definition) is 0. The molecular formula is C13H18N2O4S2. The third-order valence-corrected chi connectivity index (χ3v) is 5.87. The molecule has 0 radical (unpaired) electrons. The maximum Gasteiger partial charge on any atom is 0.248 e. The van der Waals surface area contributed by atoms with Crippen LogP contribution in [-0.4, -0.2) is 38.1 Å². The van der Waals surface area contributed by atoms with E-state index in [9.17, 15) is 8.42 Å². The van der Waals surface area contributed by atoms with Crippen molar-refractivity contribution in [2.75, 3.05) is 20.3 Å². The Labute approximate surface area is 128 Å². The van der Waals surface area contributed by atoms with Crippen molar-refractivity contribution < 1.29 is 17.7 Å². The van der Waals surface area contributed by atoms with Crippen molar-refractivity contribution in [2.24, 2.45) is 0 Å². The lowest BCUT2D eigenvalue weighted by molar-refractivity contribution is 0.177. The molecule has 0 aliphatic heterocycles. The number of sulfonamides is 1. The molecule has 0 atom stereocenters. The second-order valence-electron chi connectivity index (χ2n) is 4.62. The maximum atomic E-state index is 12.8. The predicted octanol–water partition coefficient (Wildman–Crippen LogP) is 2.19. The molecule has 0 aromatic carbocycles. The van der Waals surface area contributed by atoms with Crippen LogP contribution in [-0.2, 0) is 21.3 Å². The second kappa shape index (κ2) is 6.69. The minimum Gasteiger partial charge on any atom is -0.383 e. The highest BCUT2D eigenvalue weighted by Gasteiger charge is 2.30. The first kappa shape index (κ1) is 16.2. The molecule has 0 spiro atoms. The SMILES string of the molecule is COCCN(Cc1ccsc1)S(=O)(=O)c1c(C)noc1C. The molecule has 0 saturated carbocycles. The molecule has 0 aliphatic rings. The summed E-state index contributed by atoms with van der Waals surface area (Å²) in [7, 11) is -2.12.